The van der Waals surface area contributed by atoms with Gasteiger partial charge in [-0.05, 0) is 25.8 Å². The van der Waals surface area contributed by atoms with E-state index in [0.29, 0.717) is 12.5 Å². The van der Waals surface area contributed by atoms with Crippen LogP contribution in [0.5, 0.6) is 0 Å². The summed E-state index contributed by atoms with van der Waals surface area (Å²) in [6.45, 7) is 9.48. The highest BCUT2D eigenvalue weighted by Gasteiger charge is 2.15. The summed E-state index contributed by atoms with van der Waals surface area (Å²) in [6.07, 6.45) is 1.99. The van der Waals surface area contributed by atoms with Crippen LogP contribution in [0.3, 0.4) is 0 Å². The van der Waals surface area contributed by atoms with Gasteiger partial charge in [0.15, 0.2) is 0 Å². The average Bonchev–Trinajstić information content (AvgIpc) is 2.16. The summed E-state index contributed by atoms with van der Waals surface area (Å²) < 4.78 is 26.0. The molecule has 0 bridgehead atoms. The molecule has 98 valence electrons. The maximum absolute atomic E-state index is 11.6. The Balaban J connectivity index is 3.95. The van der Waals surface area contributed by atoms with Gasteiger partial charge in [-0.2, -0.15) is 0 Å². The Hall–Kier alpha value is -0.130. The van der Waals surface area contributed by atoms with Gasteiger partial charge in [-0.15, -0.1) is 0 Å². The van der Waals surface area contributed by atoms with Gasteiger partial charge in [0.25, 0.3) is 0 Å². The molecule has 0 radical (unpaired) electrons. The zero-order chi connectivity index (χ0) is 12.6. The van der Waals surface area contributed by atoms with Gasteiger partial charge < -0.3 is 5.32 Å². The summed E-state index contributed by atoms with van der Waals surface area (Å²) in [5.41, 5.74) is 0. The lowest BCUT2D eigenvalue weighted by Crippen LogP contribution is -2.38. The maximum Gasteiger partial charge on any atom is 0.213 e. The van der Waals surface area contributed by atoms with Crippen molar-refractivity contribution in [2.75, 3.05) is 18.8 Å². The van der Waals surface area contributed by atoms with Crippen LogP contribution in [0.4, 0.5) is 0 Å². The van der Waals surface area contributed by atoms with Crippen LogP contribution in [0.25, 0.3) is 0 Å². The third-order valence-electron chi connectivity index (χ3n) is 2.63. The maximum atomic E-state index is 11.6. The second-order valence-corrected chi connectivity index (χ2v) is 6.31. The number of hydrogen-bond donors (Lipinski definition) is 2. The Morgan fingerprint density at radius 1 is 1.19 bits per heavy atom. The molecule has 16 heavy (non-hydrogen) atoms. The summed E-state index contributed by atoms with van der Waals surface area (Å²) in [4.78, 5) is 0. The van der Waals surface area contributed by atoms with Crippen LogP contribution < -0.4 is 10.0 Å². The number of nitrogens with one attached hydrogen (secondary N) is 2. The molecule has 0 fully saturated rings. The summed E-state index contributed by atoms with van der Waals surface area (Å²) in [5, 5.41) is 3.01. The fraction of sp³-hybridized carbons (Fsp3) is 1.00. The Bertz CT molecular complexity index is 265. The van der Waals surface area contributed by atoms with Gasteiger partial charge in [-0.1, -0.05) is 27.2 Å². The monoisotopic (exact) mass is 250 g/mol. The van der Waals surface area contributed by atoms with Gasteiger partial charge in [0, 0.05) is 12.6 Å². The largest absolute Gasteiger partial charge is 0.316 e. The van der Waals surface area contributed by atoms with Crippen molar-refractivity contribution in [2.45, 2.75) is 46.6 Å². The molecule has 0 aliphatic heterocycles. The zero-order valence-corrected chi connectivity index (χ0v) is 11.7. The summed E-state index contributed by atoms with van der Waals surface area (Å²) in [7, 11) is -3.12. The molecule has 0 heterocycles. The van der Waals surface area contributed by atoms with E-state index in [1.54, 1.807) is 0 Å². The molecule has 0 spiro atoms. The molecule has 0 amide bonds. The first-order chi connectivity index (χ1) is 7.41. The minimum absolute atomic E-state index is 0.0292. The Morgan fingerprint density at radius 3 is 2.31 bits per heavy atom. The van der Waals surface area contributed by atoms with Crippen LogP contribution in [0.1, 0.15) is 40.5 Å². The molecule has 5 heteroatoms. The minimum Gasteiger partial charge on any atom is -0.316 e. The Kier molecular flexibility index (Phi) is 7.97. The van der Waals surface area contributed by atoms with Crippen molar-refractivity contribution in [3.05, 3.63) is 0 Å². The van der Waals surface area contributed by atoms with Crippen molar-refractivity contribution in [1.82, 2.24) is 10.0 Å². The van der Waals surface area contributed by atoms with Crippen LogP contribution in [-0.4, -0.2) is 33.3 Å². The topological polar surface area (TPSA) is 58.2 Å². The summed E-state index contributed by atoms with van der Waals surface area (Å²) in [6, 6.07) is 0.0292. The second-order valence-electron chi connectivity index (χ2n) is 4.44. The smallest absolute Gasteiger partial charge is 0.213 e. The minimum atomic E-state index is -3.12. The third-order valence-corrected chi connectivity index (χ3v) is 4.13. The van der Waals surface area contributed by atoms with Crippen molar-refractivity contribution in [3.8, 4) is 0 Å². The van der Waals surface area contributed by atoms with E-state index in [0.717, 1.165) is 19.4 Å². The van der Waals surface area contributed by atoms with E-state index in [2.05, 4.69) is 23.9 Å². The molecule has 0 aromatic heterocycles. The predicted octanol–water partition coefficient (Wildman–Crippen LogP) is 1.34. The third kappa shape index (κ3) is 8.07. The molecule has 0 aromatic carbocycles. The molecule has 0 aromatic rings. The zero-order valence-electron chi connectivity index (χ0n) is 10.9. The van der Waals surface area contributed by atoms with Gasteiger partial charge >= 0.3 is 0 Å². The quantitative estimate of drug-likeness (QED) is 0.607. The number of hydrogen-bond acceptors (Lipinski definition) is 3. The van der Waals surface area contributed by atoms with Crippen LogP contribution in [0.15, 0.2) is 0 Å². The van der Waals surface area contributed by atoms with Crippen LogP contribution in [0, 0.1) is 5.92 Å². The lowest BCUT2D eigenvalue weighted by Gasteiger charge is -2.17. The molecule has 0 aliphatic carbocycles. The molecule has 2 unspecified atom stereocenters. The van der Waals surface area contributed by atoms with E-state index in [9.17, 15) is 8.42 Å². The van der Waals surface area contributed by atoms with E-state index in [-0.39, 0.29) is 11.8 Å². The first kappa shape index (κ1) is 15.9. The number of sulfonamides is 1. The predicted molar refractivity (Wildman–Crippen MR) is 69.0 cm³/mol. The highest BCUT2D eigenvalue weighted by molar-refractivity contribution is 7.89. The highest BCUT2D eigenvalue weighted by atomic mass is 32.2. The average molecular weight is 250 g/mol. The van der Waals surface area contributed by atoms with Crippen LogP contribution in [0.2, 0.25) is 0 Å². The van der Waals surface area contributed by atoms with Crippen molar-refractivity contribution in [2.24, 2.45) is 5.92 Å². The van der Waals surface area contributed by atoms with Crippen molar-refractivity contribution < 1.29 is 8.42 Å². The molecule has 2 atom stereocenters. The van der Waals surface area contributed by atoms with Crippen LogP contribution >= 0.6 is 0 Å². The van der Waals surface area contributed by atoms with E-state index in [1.165, 1.54) is 0 Å². The first-order valence-electron chi connectivity index (χ1n) is 6.12. The second kappa shape index (κ2) is 8.03. The molecule has 0 aliphatic rings. The molecule has 2 N–H and O–H groups in total. The Morgan fingerprint density at radius 2 is 1.81 bits per heavy atom. The standard InChI is InChI=1S/C11H26N2O2S/c1-5-10(3)9-11(4)13-16(14,15)8-7-12-6-2/h10-13H,5-9H2,1-4H3. The SMILES string of the molecule is CCNCCS(=O)(=O)NC(C)CC(C)CC. The molecule has 0 saturated heterocycles. The number of rotatable bonds is 9. The van der Waals surface area contributed by atoms with Crippen LogP contribution in [-0.2, 0) is 10.0 Å². The molecule has 0 rings (SSSR count). The van der Waals surface area contributed by atoms with Crippen molar-refractivity contribution in [3.63, 3.8) is 0 Å². The molecular formula is C11H26N2O2S. The van der Waals surface area contributed by atoms with Crippen molar-refractivity contribution in [1.29, 1.82) is 0 Å². The summed E-state index contributed by atoms with van der Waals surface area (Å²) >= 11 is 0. The van der Waals surface area contributed by atoms with Crippen molar-refractivity contribution >= 4 is 10.0 Å². The summed E-state index contributed by atoms with van der Waals surface area (Å²) in [5.74, 6) is 0.720. The van der Waals surface area contributed by atoms with E-state index in [4.69, 9.17) is 0 Å². The molecule has 4 nitrogen and oxygen atoms in total. The van der Waals surface area contributed by atoms with Gasteiger partial charge in [-0.25, -0.2) is 13.1 Å². The highest BCUT2D eigenvalue weighted by Crippen LogP contribution is 2.09. The Labute approximate surface area is 100 Å². The molecule has 0 saturated carbocycles. The van der Waals surface area contributed by atoms with Gasteiger partial charge in [-0.3, -0.25) is 0 Å². The lowest BCUT2D eigenvalue weighted by atomic mass is 10.0. The lowest BCUT2D eigenvalue weighted by molar-refractivity contribution is 0.445. The van der Waals surface area contributed by atoms with Gasteiger partial charge in [0.1, 0.15) is 0 Å². The van der Waals surface area contributed by atoms with E-state index < -0.39 is 10.0 Å². The van der Waals surface area contributed by atoms with E-state index >= 15 is 0 Å². The van der Waals surface area contributed by atoms with E-state index in [1.807, 2.05) is 13.8 Å². The fourth-order valence-electron chi connectivity index (χ4n) is 1.57. The van der Waals surface area contributed by atoms with Gasteiger partial charge in [0.05, 0.1) is 5.75 Å². The molecular weight excluding hydrogens is 224 g/mol. The first-order valence-corrected chi connectivity index (χ1v) is 7.77. The normalized spacial score (nSPS) is 16.0. The van der Waals surface area contributed by atoms with Gasteiger partial charge in [0.2, 0.25) is 10.0 Å². The fourth-order valence-corrected chi connectivity index (χ4v) is 2.81.